The predicted octanol–water partition coefficient (Wildman–Crippen LogP) is 4.58. The van der Waals surface area contributed by atoms with E-state index in [0.717, 1.165) is 16.1 Å². The first-order valence-electron chi connectivity index (χ1n) is 6.00. The average molecular weight is 326 g/mol. The lowest BCUT2D eigenvalue weighted by molar-refractivity contribution is 0.484. The fourth-order valence-electron chi connectivity index (χ4n) is 1.88. The molecular weight excluding hydrogens is 312 g/mol. The summed E-state index contributed by atoms with van der Waals surface area (Å²) >= 11 is 3.48. The summed E-state index contributed by atoms with van der Waals surface area (Å²) in [5, 5.41) is 3.19. The largest absolute Gasteiger partial charge is 0.306 e. The second-order valence-electron chi connectivity index (χ2n) is 4.34. The first-order valence-corrected chi connectivity index (χ1v) is 6.79. The van der Waals surface area contributed by atoms with Crippen LogP contribution in [0.2, 0.25) is 0 Å². The molecule has 0 fully saturated rings. The minimum absolute atomic E-state index is 0.0400. The summed E-state index contributed by atoms with van der Waals surface area (Å²) in [7, 11) is 0. The summed E-state index contributed by atoms with van der Waals surface area (Å²) in [4.78, 5) is 0. The van der Waals surface area contributed by atoms with Gasteiger partial charge in [-0.1, -0.05) is 46.3 Å². The van der Waals surface area contributed by atoms with E-state index in [4.69, 9.17) is 0 Å². The Morgan fingerprint density at radius 3 is 2.58 bits per heavy atom. The lowest BCUT2D eigenvalue weighted by Crippen LogP contribution is -2.19. The van der Waals surface area contributed by atoms with Crippen molar-refractivity contribution < 1.29 is 8.78 Å². The fraction of sp³-hybridized carbons (Fsp3) is 0.200. The summed E-state index contributed by atoms with van der Waals surface area (Å²) in [6.45, 7) is 2.27. The van der Waals surface area contributed by atoms with Crippen LogP contribution in [-0.2, 0) is 6.54 Å². The van der Waals surface area contributed by atoms with E-state index in [1.54, 1.807) is 6.07 Å². The van der Waals surface area contributed by atoms with Crippen LogP contribution in [0.15, 0.2) is 46.9 Å². The van der Waals surface area contributed by atoms with Crippen molar-refractivity contribution in [1.29, 1.82) is 0 Å². The molecule has 0 spiro atoms. The molecule has 4 heteroatoms. The molecule has 0 aliphatic carbocycles. The molecule has 0 saturated heterocycles. The lowest BCUT2D eigenvalue weighted by atomic mass is 10.1. The molecule has 0 aliphatic rings. The minimum atomic E-state index is -0.812. The van der Waals surface area contributed by atoms with Gasteiger partial charge in [0.05, 0.1) is 0 Å². The van der Waals surface area contributed by atoms with Gasteiger partial charge in [-0.05, 0) is 24.6 Å². The van der Waals surface area contributed by atoms with Crippen LogP contribution in [0, 0.1) is 11.6 Å². The highest BCUT2D eigenvalue weighted by atomic mass is 79.9. The van der Waals surface area contributed by atoms with Crippen molar-refractivity contribution in [1.82, 2.24) is 5.32 Å². The maximum absolute atomic E-state index is 13.5. The molecule has 2 aromatic rings. The molecule has 1 nitrogen and oxygen atoms in total. The molecule has 0 radical (unpaired) electrons. The van der Waals surface area contributed by atoms with Gasteiger partial charge < -0.3 is 5.32 Å². The first kappa shape index (κ1) is 14.2. The van der Waals surface area contributed by atoms with Crippen molar-refractivity contribution in [3.63, 3.8) is 0 Å². The van der Waals surface area contributed by atoms with E-state index in [1.807, 2.05) is 31.2 Å². The van der Waals surface area contributed by atoms with Gasteiger partial charge in [0.1, 0.15) is 0 Å². The zero-order chi connectivity index (χ0) is 13.8. The summed E-state index contributed by atoms with van der Waals surface area (Å²) in [6, 6.07) is 12.1. The van der Waals surface area contributed by atoms with Gasteiger partial charge in [-0.2, -0.15) is 0 Å². The zero-order valence-corrected chi connectivity index (χ0v) is 12.0. The predicted molar refractivity (Wildman–Crippen MR) is 75.8 cm³/mol. The summed E-state index contributed by atoms with van der Waals surface area (Å²) in [5.41, 5.74) is 1.42. The molecular formula is C15H14BrF2N. The monoisotopic (exact) mass is 325 g/mol. The number of halogens is 3. The van der Waals surface area contributed by atoms with E-state index in [9.17, 15) is 8.78 Å². The van der Waals surface area contributed by atoms with Crippen LogP contribution in [0.3, 0.4) is 0 Å². The molecule has 1 atom stereocenters. The van der Waals surface area contributed by atoms with Crippen LogP contribution in [0.5, 0.6) is 0 Å². The lowest BCUT2D eigenvalue weighted by Gasteiger charge is -2.16. The molecule has 0 unspecified atom stereocenters. The van der Waals surface area contributed by atoms with Gasteiger partial charge >= 0.3 is 0 Å². The molecule has 0 heterocycles. The third kappa shape index (κ3) is 3.39. The van der Waals surface area contributed by atoms with Crippen molar-refractivity contribution >= 4 is 15.9 Å². The van der Waals surface area contributed by atoms with Gasteiger partial charge in [0.25, 0.3) is 0 Å². The molecule has 100 valence electrons. The van der Waals surface area contributed by atoms with Crippen LogP contribution in [0.25, 0.3) is 0 Å². The summed E-state index contributed by atoms with van der Waals surface area (Å²) in [5.74, 6) is -1.60. The number of nitrogens with one attached hydrogen (secondary N) is 1. The Morgan fingerprint density at radius 2 is 1.84 bits per heavy atom. The number of hydrogen-bond donors (Lipinski definition) is 1. The van der Waals surface area contributed by atoms with Crippen molar-refractivity contribution in [2.24, 2.45) is 0 Å². The number of benzene rings is 2. The van der Waals surface area contributed by atoms with Crippen LogP contribution in [-0.4, -0.2) is 0 Å². The second kappa shape index (κ2) is 6.26. The first-order chi connectivity index (χ1) is 9.09. The van der Waals surface area contributed by atoms with Gasteiger partial charge in [-0.3, -0.25) is 0 Å². The van der Waals surface area contributed by atoms with E-state index >= 15 is 0 Å². The Balaban J connectivity index is 2.07. The third-order valence-corrected chi connectivity index (χ3v) is 3.72. The highest BCUT2D eigenvalue weighted by Crippen LogP contribution is 2.23. The molecule has 0 aliphatic heterocycles. The SMILES string of the molecule is C[C@H](NCc1cccc(F)c1F)c1ccccc1Br. The average Bonchev–Trinajstić information content (AvgIpc) is 2.40. The van der Waals surface area contributed by atoms with Crippen molar-refractivity contribution in [3.05, 3.63) is 69.7 Å². The topological polar surface area (TPSA) is 12.0 Å². The third-order valence-electron chi connectivity index (χ3n) is 3.00. The van der Waals surface area contributed by atoms with E-state index in [-0.39, 0.29) is 12.6 Å². The molecule has 1 N–H and O–H groups in total. The molecule has 0 amide bonds. The highest BCUT2D eigenvalue weighted by Gasteiger charge is 2.11. The van der Waals surface area contributed by atoms with Crippen molar-refractivity contribution in [2.75, 3.05) is 0 Å². The van der Waals surface area contributed by atoms with Crippen LogP contribution < -0.4 is 5.32 Å². The second-order valence-corrected chi connectivity index (χ2v) is 5.19. The molecule has 0 saturated carbocycles. The van der Waals surface area contributed by atoms with E-state index < -0.39 is 11.6 Å². The Bertz CT molecular complexity index is 572. The zero-order valence-electron chi connectivity index (χ0n) is 10.5. The quantitative estimate of drug-likeness (QED) is 0.867. The van der Waals surface area contributed by atoms with Crippen LogP contribution >= 0.6 is 15.9 Å². The number of hydrogen-bond acceptors (Lipinski definition) is 1. The Morgan fingerprint density at radius 1 is 1.11 bits per heavy atom. The molecule has 2 aromatic carbocycles. The standard InChI is InChI=1S/C15H14BrF2N/c1-10(12-6-2-3-7-13(12)16)19-9-11-5-4-8-14(17)15(11)18/h2-8,10,19H,9H2,1H3/t10-/m0/s1. The van der Waals surface area contributed by atoms with Gasteiger partial charge in [0.2, 0.25) is 0 Å². The Labute approximate surface area is 119 Å². The van der Waals surface area contributed by atoms with Crippen LogP contribution in [0.4, 0.5) is 8.78 Å². The van der Waals surface area contributed by atoms with Crippen LogP contribution in [0.1, 0.15) is 24.1 Å². The fourth-order valence-corrected chi connectivity index (χ4v) is 2.51. The molecule has 0 aromatic heterocycles. The number of rotatable bonds is 4. The highest BCUT2D eigenvalue weighted by molar-refractivity contribution is 9.10. The maximum atomic E-state index is 13.5. The Hall–Kier alpha value is -1.26. The van der Waals surface area contributed by atoms with E-state index in [1.165, 1.54) is 6.07 Å². The Kier molecular flexibility index (Phi) is 4.66. The van der Waals surface area contributed by atoms with Gasteiger partial charge in [-0.15, -0.1) is 0 Å². The van der Waals surface area contributed by atoms with E-state index in [2.05, 4.69) is 21.2 Å². The summed E-state index contributed by atoms with van der Waals surface area (Å²) < 4.78 is 27.6. The molecule has 0 bridgehead atoms. The van der Waals surface area contributed by atoms with Gasteiger partial charge in [0.15, 0.2) is 11.6 Å². The van der Waals surface area contributed by atoms with Crippen molar-refractivity contribution in [2.45, 2.75) is 19.5 Å². The molecule has 2 rings (SSSR count). The smallest absolute Gasteiger partial charge is 0.163 e. The van der Waals surface area contributed by atoms with Crippen molar-refractivity contribution in [3.8, 4) is 0 Å². The van der Waals surface area contributed by atoms with Gasteiger partial charge in [-0.25, -0.2) is 8.78 Å². The summed E-state index contributed by atoms with van der Waals surface area (Å²) in [6.07, 6.45) is 0. The normalized spacial score (nSPS) is 12.4. The molecule has 19 heavy (non-hydrogen) atoms. The maximum Gasteiger partial charge on any atom is 0.163 e. The van der Waals surface area contributed by atoms with Gasteiger partial charge in [0, 0.05) is 22.6 Å². The minimum Gasteiger partial charge on any atom is -0.306 e. The van der Waals surface area contributed by atoms with E-state index in [0.29, 0.717) is 5.56 Å².